The van der Waals surface area contributed by atoms with Gasteiger partial charge in [0.15, 0.2) is 9.84 Å². The standard InChI is InChI=1S/C12H27NO2S/c1-3-5-6-7-8-9-10-16(14,15)11-12(13)4-2/h12H,3-11,13H2,1-2H3. The van der Waals surface area contributed by atoms with Crippen LogP contribution in [0.15, 0.2) is 0 Å². The molecule has 3 nitrogen and oxygen atoms in total. The van der Waals surface area contributed by atoms with Gasteiger partial charge in [0, 0.05) is 6.04 Å². The predicted molar refractivity (Wildman–Crippen MR) is 70.3 cm³/mol. The van der Waals surface area contributed by atoms with E-state index >= 15 is 0 Å². The van der Waals surface area contributed by atoms with Crippen LogP contribution in [0.4, 0.5) is 0 Å². The minimum atomic E-state index is -2.91. The van der Waals surface area contributed by atoms with Crippen molar-refractivity contribution >= 4 is 9.84 Å². The monoisotopic (exact) mass is 249 g/mol. The number of unbranched alkanes of at least 4 members (excludes halogenated alkanes) is 5. The highest BCUT2D eigenvalue weighted by Gasteiger charge is 2.14. The Kier molecular flexibility index (Phi) is 8.94. The summed E-state index contributed by atoms with van der Waals surface area (Å²) < 4.78 is 23.2. The molecule has 0 aliphatic heterocycles. The topological polar surface area (TPSA) is 60.2 Å². The van der Waals surface area contributed by atoms with Crippen LogP contribution >= 0.6 is 0 Å². The van der Waals surface area contributed by atoms with E-state index in [0.29, 0.717) is 5.75 Å². The Bertz CT molecular complexity index is 250. The molecular weight excluding hydrogens is 222 g/mol. The van der Waals surface area contributed by atoms with Crippen LogP contribution in [0, 0.1) is 0 Å². The summed E-state index contributed by atoms with van der Waals surface area (Å²) in [6.45, 7) is 4.10. The lowest BCUT2D eigenvalue weighted by atomic mass is 10.1. The van der Waals surface area contributed by atoms with Gasteiger partial charge in [-0.3, -0.25) is 0 Å². The average molecular weight is 249 g/mol. The molecule has 0 aliphatic rings. The summed E-state index contributed by atoms with van der Waals surface area (Å²) in [6.07, 6.45) is 7.42. The minimum absolute atomic E-state index is 0.151. The molecule has 4 heteroatoms. The molecule has 0 aromatic rings. The lowest BCUT2D eigenvalue weighted by Gasteiger charge is -2.09. The third-order valence-corrected chi connectivity index (χ3v) is 4.65. The van der Waals surface area contributed by atoms with E-state index in [0.717, 1.165) is 25.7 Å². The number of sulfone groups is 1. The van der Waals surface area contributed by atoms with Gasteiger partial charge >= 0.3 is 0 Å². The fourth-order valence-corrected chi connectivity index (χ4v) is 3.33. The van der Waals surface area contributed by atoms with Crippen molar-refractivity contribution in [2.75, 3.05) is 11.5 Å². The van der Waals surface area contributed by atoms with Gasteiger partial charge in [-0.05, 0) is 12.8 Å². The van der Waals surface area contributed by atoms with Crippen LogP contribution in [0.3, 0.4) is 0 Å². The first-order chi connectivity index (χ1) is 7.52. The van der Waals surface area contributed by atoms with Gasteiger partial charge in [0.2, 0.25) is 0 Å². The van der Waals surface area contributed by atoms with Crippen molar-refractivity contribution in [3.8, 4) is 0 Å². The van der Waals surface area contributed by atoms with E-state index in [2.05, 4.69) is 6.92 Å². The molecule has 0 radical (unpaired) electrons. The maximum absolute atomic E-state index is 11.6. The lowest BCUT2D eigenvalue weighted by molar-refractivity contribution is 0.573. The number of rotatable bonds is 10. The largest absolute Gasteiger partial charge is 0.327 e. The molecule has 0 aliphatic carbocycles. The lowest BCUT2D eigenvalue weighted by Crippen LogP contribution is -2.30. The van der Waals surface area contributed by atoms with E-state index in [4.69, 9.17) is 5.73 Å². The van der Waals surface area contributed by atoms with Crippen molar-refractivity contribution in [1.82, 2.24) is 0 Å². The van der Waals surface area contributed by atoms with E-state index in [1.54, 1.807) is 0 Å². The fraction of sp³-hybridized carbons (Fsp3) is 1.00. The van der Waals surface area contributed by atoms with Gasteiger partial charge in [0.05, 0.1) is 11.5 Å². The van der Waals surface area contributed by atoms with Gasteiger partial charge < -0.3 is 5.73 Å². The molecule has 1 atom stereocenters. The second-order valence-electron chi connectivity index (χ2n) is 4.55. The maximum atomic E-state index is 11.6. The van der Waals surface area contributed by atoms with Gasteiger partial charge in [-0.2, -0.15) is 0 Å². The first-order valence-corrected chi connectivity index (χ1v) is 8.30. The molecule has 0 saturated carbocycles. The van der Waals surface area contributed by atoms with Crippen molar-refractivity contribution in [3.05, 3.63) is 0 Å². The van der Waals surface area contributed by atoms with Crippen LogP contribution in [0.5, 0.6) is 0 Å². The molecule has 16 heavy (non-hydrogen) atoms. The molecular formula is C12H27NO2S. The van der Waals surface area contributed by atoms with E-state index in [1.165, 1.54) is 19.3 Å². The van der Waals surface area contributed by atoms with E-state index < -0.39 is 9.84 Å². The predicted octanol–water partition coefficient (Wildman–Crippen LogP) is 2.50. The normalized spacial score (nSPS) is 13.9. The summed E-state index contributed by atoms with van der Waals surface area (Å²) in [5.74, 6) is 0.464. The summed E-state index contributed by atoms with van der Waals surface area (Å²) in [6, 6.07) is -0.190. The molecule has 0 amide bonds. The summed E-state index contributed by atoms with van der Waals surface area (Å²) >= 11 is 0. The SMILES string of the molecule is CCCCCCCCS(=O)(=O)CC(N)CC. The number of hydrogen-bond acceptors (Lipinski definition) is 3. The minimum Gasteiger partial charge on any atom is -0.327 e. The van der Waals surface area contributed by atoms with Crippen molar-refractivity contribution in [2.24, 2.45) is 5.73 Å². The Hall–Kier alpha value is -0.0900. The molecule has 2 N–H and O–H groups in total. The molecule has 0 aromatic carbocycles. The summed E-state index contributed by atoms with van der Waals surface area (Å²) in [5, 5.41) is 0. The quantitative estimate of drug-likeness (QED) is 0.605. The van der Waals surface area contributed by atoms with Crippen LogP contribution in [0.1, 0.15) is 58.8 Å². The Morgan fingerprint density at radius 1 is 1.00 bits per heavy atom. The van der Waals surface area contributed by atoms with Crippen LogP contribution in [0.25, 0.3) is 0 Å². The van der Waals surface area contributed by atoms with Gasteiger partial charge in [-0.1, -0.05) is 46.0 Å². The van der Waals surface area contributed by atoms with Crippen molar-refractivity contribution in [3.63, 3.8) is 0 Å². The zero-order valence-corrected chi connectivity index (χ0v) is 11.6. The molecule has 0 heterocycles. The highest BCUT2D eigenvalue weighted by molar-refractivity contribution is 7.91. The first-order valence-electron chi connectivity index (χ1n) is 6.47. The summed E-state index contributed by atoms with van der Waals surface area (Å²) in [5.41, 5.74) is 5.65. The first kappa shape index (κ1) is 15.9. The van der Waals surface area contributed by atoms with Crippen molar-refractivity contribution < 1.29 is 8.42 Å². The maximum Gasteiger partial charge on any atom is 0.151 e. The van der Waals surface area contributed by atoms with E-state index in [1.807, 2.05) is 6.92 Å². The Morgan fingerprint density at radius 3 is 2.12 bits per heavy atom. The third kappa shape index (κ3) is 9.16. The molecule has 98 valence electrons. The van der Waals surface area contributed by atoms with Crippen LogP contribution in [-0.2, 0) is 9.84 Å². The van der Waals surface area contributed by atoms with Gasteiger partial charge in [0.1, 0.15) is 0 Å². The molecule has 0 fully saturated rings. The summed E-state index contributed by atoms with van der Waals surface area (Å²) in [4.78, 5) is 0. The zero-order valence-electron chi connectivity index (χ0n) is 10.7. The highest BCUT2D eigenvalue weighted by Crippen LogP contribution is 2.07. The summed E-state index contributed by atoms with van der Waals surface area (Å²) in [7, 11) is -2.91. The Balaban J connectivity index is 3.59. The highest BCUT2D eigenvalue weighted by atomic mass is 32.2. The number of hydrogen-bond donors (Lipinski definition) is 1. The van der Waals surface area contributed by atoms with Gasteiger partial charge in [0.25, 0.3) is 0 Å². The fourth-order valence-electron chi connectivity index (χ4n) is 1.63. The second kappa shape index (κ2) is 8.99. The average Bonchev–Trinajstić information content (AvgIpc) is 2.22. The molecule has 0 spiro atoms. The molecule has 0 saturated heterocycles. The van der Waals surface area contributed by atoms with E-state index in [-0.39, 0.29) is 11.8 Å². The molecule has 1 unspecified atom stereocenters. The van der Waals surface area contributed by atoms with E-state index in [9.17, 15) is 8.42 Å². The zero-order chi connectivity index (χ0) is 12.4. The van der Waals surface area contributed by atoms with Crippen LogP contribution < -0.4 is 5.73 Å². The number of nitrogens with two attached hydrogens (primary N) is 1. The van der Waals surface area contributed by atoms with Crippen molar-refractivity contribution in [1.29, 1.82) is 0 Å². The van der Waals surface area contributed by atoms with Gasteiger partial charge in [-0.25, -0.2) is 8.42 Å². The third-order valence-electron chi connectivity index (χ3n) is 2.80. The van der Waals surface area contributed by atoms with Crippen LogP contribution in [-0.4, -0.2) is 26.0 Å². The van der Waals surface area contributed by atoms with Crippen molar-refractivity contribution in [2.45, 2.75) is 64.8 Å². The molecule has 0 bridgehead atoms. The Labute approximate surface area is 101 Å². The molecule has 0 rings (SSSR count). The second-order valence-corrected chi connectivity index (χ2v) is 6.78. The smallest absolute Gasteiger partial charge is 0.151 e. The van der Waals surface area contributed by atoms with Crippen LogP contribution in [0.2, 0.25) is 0 Å². The Morgan fingerprint density at radius 2 is 1.56 bits per heavy atom. The molecule has 0 aromatic heterocycles. The van der Waals surface area contributed by atoms with Gasteiger partial charge in [-0.15, -0.1) is 0 Å².